The van der Waals surface area contributed by atoms with E-state index in [1.807, 2.05) is 0 Å². The minimum atomic E-state index is -3.66. The van der Waals surface area contributed by atoms with E-state index in [9.17, 15) is 8.42 Å². The average molecular weight is 264 g/mol. The molecule has 0 aliphatic carbocycles. The fourth-order valence-corrected chi connectivity index (χ4v) is 0. The molecule has 1 N–H and O–H groups in total. The van der Waals surface area contributed by atoms with Crippen molar-refractivity contribution in [3.8, 4) is 0 Å². The van der Waals surface area contributed by atoms with Gasteiger partial charge >= 0.3 is 58.3 Å². The van der Waals surface area contributed by atoms with Crippen LogP contribution in [0.15, 0.2) is 0 Å². The van der Waals surface area contributed by atoms with Crippen LogP contribution >= 0.6 is 0 Å². The van der Waals surface area contributed by atoms with Gasteiger partial charge in [-0.05, 0) is 0 Å². The second-order valence-electron chi connectivity index (χ2n) is 0.428. The summed E-state index contributed by atoms with van der Waals surface area (Å²) >= 11 is 0.652. The van der Waals surface area contributed by atoms with Crippen LogP contribution in [0.1, 0.15) is 0 Å². The van der Waals surface area contributed by atoms with Gasteiger partial charge in [0.25, 0.3) is 0 Å². The minimum Gasteiger partial charge on any atom is 2.00 e. The summed E-state index contributed by atoms with van der Waals surface area (Å²) in [4.78, 5) is 0. The van der Waals surface area contributed by atoms with Gasteiger partial charge in [0.15, 0.2) is 0 Å². The fourth-order valence-electron chi connectivity index (χ4n) is 0. The molecule has 0 aliphatic heterocycles. The Hall–Kier alpha value is 1.22. The zero-order chi connectivity index (χ0) is 4.50. The van der Waals surface area contributed by atoms with Gasteiger partial charge in [0.2, 0.25) is 0 Å². The topological polar surface area (TPSA) is 54.4 Å². The number of rotatable bonds is 0. The molecular formula is HMnO3STe+2. The van der Waals surface area contributed by atoms with Gasteiger partial charge in [-0.15, -0.1) is 0 Å². The molecule has 0 rings (SSSR count). The molecule has 2 radical (unpaired) electrons. The Labute approximate surface area is 58.1 Å². The zero-order valence-corrected chi connectivity index (χ0v) is 6.79. The minimum absolute atomic E-state index is 0. The van der Waals surface area contributed by atoms with Gasteiger partial charge in [-0.2, -0.15) is 0 Å². The van der Waals surface area contributed by atoms with Gasteiger partial charge in [0.1, 0.15) is 0 Å². The van der Waals surface area contributed by atoms with Crippen LogP contribution < -0.4 is 0 Å². The van der Waals surface area contributed by atoms with Crippen molar-refractivity contribution >= 4 is 28.3 Å². The van der Waals surface area contributed by atoms with Crippen LogP contribution in [0.5, 0.6) is 0 Å². The molecule has 0 heterocycles. The van der Waals surface area contributed by atoms with E-state index in [4.69, 9.17) is 4.55 Å². The Kier molecular flexibility index (Phi) is 5.55. The van der Waals surface area contributed by atoms with Gasteiger partial charge in [-0.25, -0.2) is 0 Å². The van der Waals surface area contributed by atoms with Crippen molar-refractivity contribution in [2.45, 2.75) is 0 Å². The van der Waals surface area contributed by atoms with E-state index in [1.54, 1.807) is 0 Å². The third-order valence-electron chi connectivity index (χ3n) is 0. The molecule has 6 heavy (non-hydrogen) atoms. The van der Waals surface area contributed by atoms with Crippen LogP contribution in [0.3, 0.4) is 0 Å². The first-order valence-electron chi connectivity index (χ1n) is 0.683. The number of hydrogen-bond donors (Lipinski definition) is 1. The van der Waals surface area contributed by atoms with Gasteiger partial charge in [0.05, 0.1) is 0 Å². The summed E-state index contributed by atoms with van der Waals surface area (Å²) < 4.78 is 25.9. The van der Waals surface area contributed by atoms with Crippen molar-refractivity contribution in [2.75, 3.05) is 0 Å². The quantitative estimate of drug-likeness (QED) is 0.448. The Morgan fingerprint density at radius 2 is 1.50 bits per heavy atom. The van der Waals surface area contributed by atoms with Crippen LogP contribution in [0, 0.1) is 0 Å². The molecule has 0 unspecified atom stereocenters. The van der Waals surface area contributed by atoms with E-state index in [0.29, 0.717) is 20.9 Å². The van der Waals surface area contributed by atoms with Crippen molar-refractivity contribution in [2.24, 2.45) is 0 Å². The van der Waals surface area contributed by atoms with Gasteiger partial charge in [-0.1, -0.05) is 0 Å². The predicted molar refractivity (Wildman–Crippen MR) is 17.3 cm³/mol. The van der Waals surface area contributed by atoms with Gasteiger partial charge < -0.3 is 0 Å². The molecule has 0 saturated carbocycles. The smallest absolute Gasteiger partial charge is 2.00 e. The molecule has 0 atom stereocenters. The van der Waals surface area contributed by atoms with E-state index in [2.05, 4.69) is 0 Å². The predicted octanol–water partition coefficient (Wildman–Crippen LogP) is -1.04. The summed E-state index contributed by atoms with van der Waals surface area (Å²) in [6.45, 7) is 0. The van der Waals surface area contributed by atoms with E-state index in [1.165, 1.54) is 0 Å². The largest absolute Gasteiger partial charge is 2.00 e. The molecule has 0 fully saturated rings. The van der Waals surface area contributed by atoms with Gasteiger partial charge in [0, 0.05) is 0 Å². The molecule has 0 bridgehead atoms. The Morgan fingerprint density at radius 3 is 1.50 bits per heavy atom. The van der Waals surface area contributed by atoms with Crippen LogP contribution in [0.25, 0.3) is 0 Å². The molecule has 6 heteroatoms. The molecule has 3 nitrogen and oxygen atoms in total. The van der Waals surface area contributed by atoms with Crippen LogP contribution in [-0.2, 0) is 24.4 Å². The van der Waals surface area contributed by atoms with Crippen molar-refractivity contribution < 1.29 is 30.0 Å². The van der Waals surface area contributed by atoms with Crippen LogP contribution in [0.4, 0.5) is 0 Å². The van der Waals surface area contributed by atoms with Crippen molar-refractivity contribution in [1.29, 1.82) is 0 Å². The Morgan fingerprint density at radius 1 is 1.50 bits per heavy atom. The van der Waals surface area contributed by atoms with Crippen molar-refractivity contribution in [3.63, 3.8) is 0 Å². The normalized spacial score (nSPS) is 9.67. The van der Waals surface area contributed by atoms with Crippen molar-refractivity contribution in [1.82, 2.24) is 0 Å². The Balaban J connectivity index is 0. The summed E-state index contributed by atoms with van der Waals surface area (Å²) in [6.07, 6.45) is 0. The summed E-state index contributed by atoms with van der Waals surface area (Å²) in [5, 5.41) is 0. The third kappa shape index (κ3) is 62.5. The second-order valence-corrected chi connectivity index (χ2v) is 4.89. The van der Waals surface area contributed by atoms with Crippen LogP contribution in [0.2, 0.25) is 0 Å². The van der Waals surface area contributed by atoms with Gasteiger partial charge in [-0.3, -0.25) is 0 Å². The van der Waals surface area contributed by atoms with E-state index in [0.717, 1.165) is 0 Å². The molecule has 0 amide bonds. The maximum absolute atomic E-state index is 9.19. The molecule has 0 aliphatic rings. The first-order chi connectivity index (χ1) is 2.00. The van der Waals surface area contributed by atoms with Crippen molar-refractivity contribution in [3.05, 3.63) is 0 Å². The maximum Gasteiger partial charge on any atom is 2.00 e. The summed E-state index contributed by atoms with van der Waals surface area (Å²) in [7, 11) is -3.66. The van der Waals surface area contributed by atoms with E-state index < -0.39 is 7.35 Å². The molecule has 0 aromatic rings. The molecule has 0 aromatic heterocycles. The standard InChI is InChI=1S/Mn.HO3STe/c;1-4(2,3)5/h;(H,1,2,3)/q+2;. The first-order valence-corrected chi connectivity index (χ1v) is 4.90. The summed E-state index contributed by atoms with van der Waals surface area (Å²) in [6, 6.07) is 0. The molecule has 0 spiro atoms. The number of hydrogen-bond acceptors (Lipinski definition) is 2. The van der Waals surface area contributed by atoms with Crippen LogP contribution in [-0.4, -0.2) is 33.9 Å². The average Bonchev–Trinajstić information content (AvgIpc) is 0.722. The SMILES string of the molecule is O=S(=O)(O)[Te].[Mn+2]. The first kappa shape index (κ1) is 10.3. The molecular weight excluding hydrogens is 263 g/mol. The third-order valence-corrected chi connectivity index (χ3v) is 0. The monoisotopic (exact) mass is 266 g/mol. The molecule has 0 saturated heterocycles. The molecule has 36 valence electrons. The summed E-state index contributed by atoms with van der Waals surface area (Å²) in [5.41, 5.74) is 0. The Bertz CT molecular complexity index is 94.0. The second kappa shape index (κ2) is 3.25. The molecule has 0 aromatic carbocycles. The zero-order valence-electron chi connectivity index (χ0n) is 2.46. The van der Waals surface area contributed by atoms with E-state index >= 15 is 0 Å². The maximum atomic E-state index is 9.19. The fraction of sp³-hybridized carbons (Fsp3) is 0. The summed E-state index contributed by atoms with van der Waals surface area (Å²) in [5.74, 6) is 0. The van der Waals surface area contributed by atoms with E-state index in [-0.39, 0.29) is 17.1 Å².